The number of hydrogen-bond donors (Lipinski definition) is 1. The van der Waals surface area contributed by atoms with Crippen LogP contribution in [0.3, 0.4) is 0 Å². The van der Waals surface area contributed by atoms with E-state index >= 15 is 0 Å². The number of benzene rings is 2. The lowest BCUT2D eigenvalue weighted by atomic mass is 10.1. The molecular weight excluding hydrogens is 421 g/mol. The van der Waals surface area contributed by atoms with Gasteiger partial charge in [0.2, 0.25) is 5.88 Å². The zero-order chi connectivity index (χ0) is 23.6. The molecule has 0 saturated heterocycles. The van der Waals surface area contributed by atoms with Crippen molar-refractivity contribution in [2.24, 2.45) is 0 Å². The third-order valence-electron chi connectivity index (χ3n) is 5.30. The van der Waals surface area contributed by atoms with E-state index in [0.29, 0.717) is 38.6 Å². The summed E-state index contributed by atoms with van der Waals surface area (Å²) < 4.78 is 27.8. The van der Waals surface area contributed by atoms with Crippen LogP contribution in [0.15, 0.2) is 54.6 Å². The molecule has 0 spiro atoms. The maximum absolute atomic E-state index is 14.5. The lowest BCUT2D eigenvalue weighted by Gasteiger charge is -2.25. The molecule has 0 aliphatic heterocycles. The van der Waals surface area contributed by atoms with Gasteiger partial charge in [0, 0.05) is 19.7 Å². The average molecular weight is 456 g/mol. The van der Waals surface area contributed by atoms with E-state index in [1.54, 1.807) is 22.9 Å². The number of rotatable bonds is 13. The third-order valence-corrected chi connectivity index (χ3v) is 5.30. The Labute approximate surface area is 195 Å². The Hall–Kier alpha value is -2.74. The average Bonchev–Trinajstić information content (AvgIpc) is 3.17. The first-order valence-corrected chi connectivity index (χ1v) is 11.6. The molecule has 0 bridgehead atoms. The smallest absolute Gasteiger partial charge is 0.227 e. The van der Waals surface area contributed by atoms with Gasteiger partial charge in [-0.15, -0.1) is 0 Å². The first-order valence-electron chi connectivity index (χ1n) is 11.6. The number of nitrogens with zero attached hydrogens (tertiary/aromatic N) is 3. The van der Waals surface area contributed by atoms with Gasteiger partial charge in [-0.1, -0.05) is 44.2 Å². The molecule has 0 fully saturated rings. The fourth-order valence-corrected chi connectivity index (χ4v) is 3.78. The Morgan fingerprint density at radius 1 is 1.06 bits per heavy atom. The predicted octanol–water partition coefficient (Wildman–Crippen LogP) is 4.98. The summed E-state index contributed by atoms with van der Waals surface area (Å²) in [6.07, 6.45) is 1.03. The number of hydrogen-bond acceptors (Lipinski definition) is 5. The molecule has 1 aromatic heterocycles. The van der Waals surface area contributed by atoms with E-state index in [1.165, 1.54) is 6.07 Å². The molecule has 0 amide bonds. The fraction of sp³-hybridized carbons (Fsp3) is 0.423. The first kappa shape index (κ1) is 24.9. The van der Waals surface area contributed by atoms with Gasteiger partial charge >= 0.3 is 0 Å². The summed E-state index contributed by atoms with van der Waals surface area (Å²) in [6.45, 7) is 8.70. The second-order valence-corrected chi connectivity index (χ2v) is 7.91. The Morgan fingerprint density at radius 3 is 2.45 bits per heavy atom. The topological polar surface area (TPSA) is 59.8 Å². The number of aliphatic hydroxyl groups excluding tert-OH is 1. The highest BCUT2D eigenvalue weighted by Crippen LogP contribution is 2.33. The highest BCUT2D eigenvalue weighted by Gasteiger charge is 2.24. The molecule has 0 saturated carbocycles. The van der Waals surface area contributed by atoms with Crippen LogP contribution in [0.4, 0.5) is 4.39 Å². The zero-order valence-electron chi connectivity index (χ0n) is 19.7. The quantitative estimate of drug-likeness (QED) is 0.394. The maximum Gasteiger partial charge on any atom is 0.227 e. The molecule has 0 aliphatic carbocycles. The molecule has 0 aliphatic rings. The summed E-state index contributed by atoms with van der Waals surface area (Å²) in [5.41, 5.74) is 2.61. The molecule has 33 heavy (non-hydrogen) atoms. The summed E-state index contributed by atoms with van der Waals surface area (Å²) in [5.74, 6) is 0.209. The Kier molecular flexibility index (Phi) is 9.42. The normalized spacial score (nSPS) is 12.3. The molecule has 1 heterocycles. The second-order valence-electron chi connectivity index (χ2n) is 7.91. The van der Waals surface area contributed by atoms with E-state index in [-0.39, 0.29) is 5.75 Å². The van der Waals surface area contributed by atoms with Gasteiger partial charge in [0.25, 0.3) is 0 Å². The van der Waals surface area contributed by atoms with Gasteiger partial charge in [-0.25, -0.2) is 9.07 Å². The van der Waals surface area contributed by atoms with Crippen LogP contribution in [0, 0.1) is 5.82 Å². The Balaban J connectivity index is 2.01. The number of halogens is 1. The molecular formula is C26H34FN3O3. The predicted molar refractivity (Wildman–Crippen MR) is 127 cm³/mol. The molecule has 0 radical (unpaired) electrons. The fourth-order valence-electron chi connectivity index (χ4n) is 3.78. The number of ether oxygens (including phenoxy) is 2. The van der Waals surface area contributed by atoms with Crippen molar-refractivity contribution in [2.75, 3.05) is 26.3 Å². The Morgan fingerprint density at radius 2 is 1.79 bits per heavy atom. The van der Waals surface area contributed by atoms with Crippen LogP contribution in [0.25, 0.3) is 5.69 Å². The number of aliphatic hydroxyl groups is 1. The maximum atomic E-state index is 14.5. The summed E-state index contributed by atoms with van der Waals surface area (Å²) in [7, 11) is 0. The van der Waals surface area contributed by atoms with Gasteiger partial charge in [-0.05, 0) is 50.6 Å². The van der Waals surface area contributed by atoms with Crippen molar-refractivity contribution in [3.63, 3.8) is 0 Å². The highest BCUT2D eigenvalue weighted by atomic mass is 19.1. The summed E-state index contributed by atoms with van der Waals surface area (Å²) in [5, 5.41) is 15.3. The monoisotopic (exact) mass is 455 g/mol. The minimum atomic E-state index is -0.596. The van der Waals surface area contributed by atoms with Crippen molar-refractivity contribution in [2.45, 2.75) is 46.3 Å². The lowest BCUT2D eigenvalue weighted by molar-refractivity contribution is 0.0194. The molecule has 7 heteroatoms. The van der Waals surface area contributed by atoms with Crippen molar-refractivity contribution in [3.05, 3.63) is 71.7 Å². The zero-order valence-corrected chi connectivity index (χ0v) is 19.7. The molecule has 178 valence electrons. The molecule has 2 aromatic carbocycles. The van der Waals surface area contributed by atoms with E-state index < -0.39 is 11.9 Å². The molecule has 0 unspecified atom stereocenters. The molecule has 6 nitrogen and oxygen atoms in total. The van der Waals surface area contributed by atoms with Crippen LogP contribution < -0.4 is 4.74 Å². The van der Waals surface area contributed by atoms with Crippen molar-refractivity contribution in [1.29, 1.82) is 0 Å². The van der Waals surface area contributed by atoms with Crippen molar-refractivity contribution in [3.8, 4) is 17.3 Å². The van der Waals surface area contributed by atoms with Crippen LogP contribution in [-0.4, -0.2) is 52.2 Å². The molecule has 3 rings (SSSR count). The van der Waals surface area contributed by atoms with Crippen LogP contribution in [0.2, 0.25) is 0 Å². The summed E-state index contributed by atoms with van der Waals surface area (Å²) in [4.78, 5) is 2.17. The molecule has 3 aromatic rings. The number of aryl methyl sites for hydroxylation is 1. The number of aromatic nitrogens is 2. The third kappa shape index (κ3) is 6.63. The van der Waals surface area contributed by atoms with Gasteiger partial charge < -0.3 is 14.6 Å². The van der Waals surface area contributed by atoms with E-state index in [1.807, 2.05) is 44.2 Å². The SMILES string of the molecule is CCCN(Cc1c(CC)nn(-c2ccccc2)c1Oc1ccccc1F)C[C@@H](O)COCC. The lowest BCUT2D eigenvalue weighted by Crippen LogP contribution is -2.35. The van der Waals surface area contributed by atoms with Crippen molar-refractivity contribution in [1.82, 2.24) is 14.7 Å². The molecule has 1 N–H and O–H groups in total. The first-order chi connectivity index (χ1) is 16.1. The van der Waals surface area contributed by atoms with Crippen LogP contribution in [0.1, 0.15) is 38.4 Å². The summed E-state index contributed by atoms with van der Waals surface area (Å²) in [6, 6.07) is 16.1. The van der Waals surface area contributed by atoms with Gasteiger partial charge in [-0.3, -0.25) is 4.90 Å². The van der Waals surface area contributed by atoms with E-state index in [4.69, 9.17) is 14.6 Å². The van der Waals surface area contributed by atoms with Crippen molar-refractivity contribution < 1.29 is 19.0 Å². The highest BCUT2D eigenvalue weighted by molar-refractivity contribution is 5.44. The van der Waals surface area contributed by atoms with E-state index in [0.717, 1.165) is 29.9 Å². The second kappa shape index (κ2) is 12.5. The van der Waals surface area contributed by atoms with Gasteiger partial charge in [-0.2, -0.15) is 5.10 Å². The van der Waals surface area contributed by atoms with Gasteiger partial charge in [0.15, 0.2) is 11.6 Å². The number of para-hydroxylation sites is 2. The van der Waals surface area contributed by atoms with E-state index in [9.17, 15) is 9.50 Å². The summed E-state index contributed by atoms with van der Waals surface area (Å²) >= 11 is 0. The minimum absolute atomic E-state index is 0.150. The Bertz CT molecular complexity index is 994. The van der Waals surface area contributed by atoms with Crippen LogP contribution in [0.5, 0.6) is 11.6 Å². The van der Waals surface area contributed by atoms with Gasteiger partial charge in [0.1, 0.15) is 0 Å². The standard InChI is InChI=1S/C26H34FN3O3/c1-4-16-29(17-21(31)19-32-6-3)18-22-24(5-2)28-30(20-12-8-7-9-13-20)26(22)33-25-15-11-10-14-23(25)27/h7-15,21,31H,4-6,16-19H2,1-3H3/t21-/m1/s1. The largest absolute Gasteiger partial charge is 0.435 e. The van der Waals surface area contributed by atoms with Crippen molar-refractivity contribution >= 4 is 0 Å². The van der Waals surface area contributed by atoms with Gasteiger partial charge in [0.05, 0.1) is 29.7 Å². The van der Waals surface area contributed by atoms with Crippen LogP contribution in [-0.2, 0) is 17.7 Å². The van der Waals surface area contributed by atoms with Crippen LogP contribution >= 0.6 is 0 Å². The van der Waals surface area contributed by atoms with E-state index in [2.05, 4.69) is 11.8 Å². The minimum Gasteiger partial charge on any atom is -0.435 e. The molecule has 1 atom stereocenters.